The summed E-state index contributed by atoms with van der Waals surface area (Å²) in [5, 5.41) is 0. The van der Waals surface area contributed by atoms with E-state index in [1.54, 1.807) is 6.07 Å². The Labute approximate surface area is 86.1 Å². The van der Waals surface area contributed by atoms with E-state index in [9.17, 15) is 9.18 Å². The molecule has 0 unspecified atom stereocenters. The predicted molar refractivity (Wildman–Crippen MR) is 56.5 cm³/mol. The first kappa shape index (κ1) is 9.52. The number of halogens is 1. The molecule has 0 spiro atoms. The van der Waals surface area contributed by atoms with Gasteiger partial charge < -0.3 is 4.90 Å². The summed E-state index contributed by atoms with van der Waals surface area (Å²) in [5.41, 5.74) is 1.28. The molecule has 1 heterocycles. The quantitative estimate of drug-likeness (QED) is 0.699. The van der Waals surface area contributed by atoms with Crippen molar-refractivity contribution in [1.29, 1.82) is 0 Å². The zero-order valence-electron chi connectivity index (χ0n) is 7.57. The van der Waals surface area contributed by atoms with Crippen molar-refractivity contribution in [2.45, 2.75) is 0 Å². The van der Waals surface area contributed by atoms with E-state index in [0.717, 1.165) is 23.9 Å². The predicted octanol–water partition coefficient (Wildman–Crippen LogP) is 2.15. The molecule has 2 nitrogen and oxygen atoms in total. The first-order valence-corrected chi connectivity index (χ1v) is 5.54. The zero-order chi connectivity index (χ0) is 9.97. The number of carbonyl (C=O) groups excluding carboxylic acids is 1. The Morgan fingerprint density at radius 2 is 2.36 bits per heavy atom. The van der Waals surface area contributed by atoms with Gasteiger partial charge in [-0.3, -0.25) is 4.79 Å². The number of benzene rings is 1. The standard InChI is InChI=1S/C10H10FNOS/c11-9-1-2-10(8(5-9)6-13)12-3-4-14-7-12/h1-2,5-6H,3-4,7H2. The van der Waals surface area contributed by atoms with Crippen LogP contribution in [0.5, 0.6) is 0 Å². The molecule has 1 aromatic rings. The number of hydrogen-bond donors (Lipinski definition) is 0. The molecule has 0 aliphatic carbocycles. The topological polar surface area (TPSA) is 20.3 Å². The monoisotopic (exact) mass is 211 g/mol. The Morgan fingerprint density at radius 1 is 1.50 bits per heavy atom. The summed E-state index contributed by atoms with van der Waals surface area (Å²) in [6, 6.07) is 4.35. The Balaban J connectivity index is 2.35. The van der Waals surface area contributed by atoms with Gasteiger partial charge in [-0.25, -0.2) is 4.39 Å². The van der Waals surface area contributed by atoms with E-state index in [-0.39, 0.29) is 5.82 Å². The van der Waals surface area contributed by atoms with Gasteiger partial charge in [0.05, 0.1) is 5.88 Å². The van der Waals surface area contributed by atoms with E-state index in [0.29, 0.717) is 11.8 Å². The highest BCUT2D eigenvalue weighted by atomic mass is 32.2. The van der Waals surface area contributed by atoms with Gasteiger partial charge in [-0.2, -0.15) is 0 Å². The minimum absolute atomic E-state index is 0.359. The highest BCUT2D eigenvalue weighted by molar-refractivity contribution is 7.99. The average molecular weight is 211 g/mol. The second kappa shape index (κ2) is 4.00. The second-order valence-electron chi connectivity index (χ2n) is 3.12. The lowest BCUT2D eigenvalue weighted by atomic mass is 10.2. The van der Waals surface area contributed by atoms with E-state index in [2.05, 4.69) is 4.90 Å². The lowest BCUT2D eigenvalue weighted by Crippen LogP contribution is -2.19. The Hall–Kier alpha value is -1.03. The van der Waals surface area contributed by atoms with E-state index < -0.39 is 0 Å². The summed E-state index contributed by atoms with van der Waals surface area (Å²) in [4.78, 5) is 12.8. The lowest BCUT2D eigenvalue weighted by Gasteiger charge is -2.18. The third-order valence-electron chi connectivity index (χ3n) is 2.21. The maximum Gasteiger partial charge on any atom is 0.152 e. The summed E-state index contributed by atoms with van der Waals surface area (Å²) in [6.07, 6.45) is 0.710. The molecule has 0 saturated carbocycles. The largest absolute Gasteiger partial charge is 0.361 e. The van der Waals surface area contributed by atoms with E-state index >= 15 is 0 Å². The smallest absolute Gasteiger partial charge is 0.152 e. The van der Waals surface area contributed by atoms with Gasteiger partial charge in [-0.1, -0.05) is 0 Å². The van der Waals surface area contributed by atoms with E-state index in [1.165, 1.54) is 12.1 Å². The van der Waals surface area contributed by atoms with Crippen molar-refractivity contribution in [3.63, 3.8) is 0 Å². The molecule has 0 bridgehead atoms. The van der Waals surface area contributed by atoms with Gasteiger partial charge in [-0.05, 0) is 18.2 Å². The van der Waals surface area contributed by atoms with Crippen molar-refractivity contribution in [3.8, 4) is 0 Å². The van der Waals surface area contributed by atoms with Crippen molar-refractivity contribution in [2.75, 3.05) is 23.1 Å². The molecule has 1 aliphatic rings. The summed E-state index contributed by atoms with van der Waals surface area (Å²) in [7, 11) is 0. The van der Waals surface area contributed by atoms with Crippen LogP contribution < -0.4 is 4.90 Å². The van der Waals surface area contributed by atoms with Crippen molar-refractivity contribution in [1.82, 2.24) is 0 Å². The van der Waals surface area contributed by atoms with Crippen LogP contribution >= 0.6 is 11.8 Å². The molecule has 0 radical (unpaired) electrons. The van der Waals surface area contributed by atoms with Crippen LogP contribution in [0.15, 0.2) is 18.2 Å². The fourth-order valence-corrected chi connectivity index (χ4v) is 2.48. The van der Waals surface area contributed by atoms with Gasteiger partial charge in [0.1, 0.15) is 5.82 Å². The molecule has 0 N–H and O–H groups in total. The fraction of sp³-hybridized carbons (Fsp3) is 0.300. The number of nitrogens with zero attached hydrogens (tertiary/aromatic N) is 1. The maximum atomic E-state index is 12.8. The Morgan fingerprint density at radius 3 is 3.00 bits per heavy atom. The first-order chi connectivity index (χ1) is 6.81. The third kappa shape index (κ3) is 1.75. The third-order valence-corrected chi connectivity index (χ3v) is 3.18. The van der Waals surface area contributed by atoms with Gasteiger partial charge in [0.15, 0.2) is 6.29 Å². The van der Waals surface area contributed by atoms with Crippen molar-refractivity contribution in [3.05, 3.63) is 29.6 Å². The minimum Gasteiger partial charge on any atom is -0.361 e. The van der Waals surface area contributed by atoms with Crippen LogP contribution in [0.1, 0.15) is 10.4 Å². The number of carbonyl (C=O) groups is 1. The van der Waals surface area contributed by atoms with Gasteiger partial charge in [0.2, 0.25) is 0 Å². The van der Waals surface area contributed by atoms with Crippen molar-refractivity contribution < 1.29 is 9.18 Å². The molecule has 1 aromatic carbocycles. The number of hydrogen-bond acceptors (Lipinski definition) is 3. The molecule has 1 fully saturated rings. The van der Waals surface area contributed by atoms with Crippen LogP contribution in [0.2, 0.25) is 0 Å². The fourth-order valence-electron chi connectivity index (χ4n) is 1.51. The molecule has 14 heavy (non-hydrogen) atoms. The number of anilines is 1. The Bertz CT molecular complexity index is 350. The molecule has 2 rings (SSSR count). The molecule has 0 amide bonds. The molecule has 4 heteroatoms. The van der Waals surface area contributed by atoms with Gasteiger partial charge >= 0.3 is 0 Å². The van der Waals surface area contributed by atoms with Crippen LogP contribution in [0.25, 0.3) is 0 Å². The van der Waals surface area contributed by atoms with E-state index in [4.69, 9.17) is 0 Å². The van der Waals surface area contributed by atoms with Gasteiger partial charge in [0, 0.05) is 23.5 Å². The van der Waals surface area contributed by atoms with Crippen molar-refractivity contribution in [2.24, 2.45) is 0 Å². The minimum atomic E-state index is -0.359. The highest BCUT2D eigenvalue weighted by Crippen LogP contribution is 2.25. The molecular weight excluding hydrogens is 201 g/mol. The summed E-state index contributed by atoms with van der Waals surface area (Å²) in [5.74, 6) is 1.59. The van der Waals surface area contributed by atoms with Crippen LogP contribution in [0, 0.1) is 5.82 Å². The molecule has 1 aliphatic heterocycles. The van der Waals surface area contributed by atoms with Crippen LogP contribution in [-0.2, 0) is 0 Å². The van der Waals surface area contributed by atoms with Crippen molar-refractivity contribution >= 4 is 23.7 Å². The highest BCUT2D eigenvalue weighted by Gasteiger charge is 2.15. The maximum absolute atomic E-state index is 12.8. The Kier molecular flexibility index (Phi) is 2.72. The number of thioether (sulfide) groups is 1. The lowest BCUT2D eigenvalue weighted by molar-refractivity contribution is 0.112. The van der Waals surface area contributed by atoms with Gasteiger partial charge in [-0.15, -0.1) is 11.8 Å². The first-order valence-electron chi connectivity index (χ1n) is 4.38. The van der Waals surface area contributed by atoms with Crippen LogP contribution in [0.3, 0.4) is 0 Å². The summed E-state index contributed by atoms with van der Waals surface area (Å²) in [6.45, 7) is 0.928. The number of rotatable bonds is 2. The van der Waals surface area contributed by atoms with Gasteiger partial charge in [0.25, 0.3) is 0 Å². The van der Waals surface area contributed by atoms with Crippen LogP contribution in [0.4, 0.5) is 10.1 Å². The average Bonchev–Trinajstić information content (AvgIpc) is 2.70. The molecule has 74 valence electrons. The molecule has 0 aromatic heterocycles. The molecule has 1 saturated heterocycles. The SMILES string of the molecule is O=Cc1cc(F)ccc1N1CCSC1. The normalized spacial score (nSPS) is 15.9. The summed E-state index contributed by atoms with van der Waals surface area (Å²) >= 11 is 1.82. The summed E-state index contributed by atoms with van der Waals surface area (Å²) < 4.78 is 12.8. The van der Waals surface area contributed by atoms with E-state index in [1.807, 2.05) is 11.8 Å². The zero-order valence-corrected chi connectivity index (χ0v) is 8.39. The molecule has 0 atom stereocenters. The number of aldehydes is 1. The second-order valence-corrected chi connectivity index (χ2v) is 4.20. The van der Waals surface area contributed by atoms with Crippen LogP contribution in [-0.4, -0.2) is 24.5 Å². The molecular formula is C10H10FNOS.